The molecule has 2 heterocycles. The molecule has 0 saturated heterocycles. The Labute approximate surface area is 160 Å². The van der Waals surface area contributed by atoms with Gasteiger partial charge in [-0.3, -0.25) is 13.9 Å². The fraction of sp³-hybridized carbons (Fsp3) is 0.368. The molecular weight excluding hydrogens is 363 g/mol. The van der Waals surface area contributed by atoms with E-state index in [1.54, 1.807) is 23.7 Å². The Morgan fingerprint density at radius 1 is 1.18 bits per heavy atom. The van der Waals surface area contributed by atoms with Gasteiger partial charge in [-0.25, -0.2) is 14.6 Å². The predicted octanol–water partition coefficient (Wildman–Crippen LogP) is 2.06. The molecule has 0 aliphatic heterocycles. The highest BCUT2D eigenvalue weighted by Crippen LogP contribution is 2.17. The van der Waals surface area contributed by atoms with Crippen molar-refractivity contribution in [1.29, 1.82) is 0 Å². The topological polar surface area (TPSA) is 86.2 Å². The van der Waals surface area contributed by atoms with Gasteiger partial charge in [0.15, 0.2) is 11.2 Å². The largest absolute Gasteiger partial charge is 0.332 e. The lowest BCUT2D eigenvalue weighted by Gasteiger charge is -2.10. The molecule has 9 heteroatoms. The van der Waals surface area contributed by atoms with Gasteiger partial charge in [0.05, 0.1) is 6.21 Å². The molecule has 0 atom stereocenters. The first-order chi connectivity index (χ1) is 13.3. The first-order valence-electron chi connectivity index (χ1n) is 9.00. The number of fused-ring (bicyclic) bond motifs is 1. The molecule has 8 nitrogen and oxygen atoms in total. The molecule has 0 fully saturated rings. The van der Waals surface area contributed by atoms with Crippen LogP contribution in [0.2, 0.25) is 0 Å². The van der Waals surface area contributed by atoms with Crippen LogP contribution in [0.3, 0.4) is 0 Å². The Balaban J connectivity index is 2.05. The van der Waals surface area contributed by atoms with Crippen LogP contribution in [0.15, 0.2) is 39.0 Å². The fourth-order valence-electron chi connectivity index (χ4n) is 2.85. The minimum absolute atomic E-state index is 0.302. The number of hydrogen-bond donors (Lipinski definition) is 1. The van der Waals surface area contributed by atoms with Crippen molar-refractivity contribution in [2.45, 2.75) is 26.8 Å². The summed E-state index contributed by atoms with van der Waals surface area (Å²) in [6, 6.07) is 5.89. The van der Waals surface area contributed by atoms with Crippen LogP contribution in [0.4, 0.5) is 10.3 Å². The minimum atomic E-state index is -0.438. The number of benzene rings is 1. The number of nitrogens with zero attached hydrogens (tertiary/aromatic N) is 5. The predicted molar refractivity (Wildman–Crippen MR) is 107 cm³/mol. The average molecular weight is 386 g/mol. The van der Waals surface area contributed by atoms with E-state index >= 15 is 0 Å². The summed E-state index contributed by atoms with van der Waals surface area (Å²) in [6.45, 7) is 4.73. The van der Waals surface area contributed by atoms with Crippen molar-refractivity contribution >= 4 is 23.3 Å². The summed E-state index contributed by atoms with van der Waals surface area (Å²) in [5, 5.41) is 4.15. The maximum atomic E-state index is 13.0. The van der Waals surface area contributed by atoms with E-state index in [2.05, 4.69) is 29.4 Å². The Kier molecular flexibility index (Phi) is 5.43. The first kappa shape index (κ1) is 19.5. The summed E-state index contributed by atoms with van der Waals surface area (Å²) >= 11 is 0. The van der Waals surface area contributed by atoms with Gasteiger partial charge in [0.1, 0.15) is 5.82 Å². The Bertz CT molecular complexity index is 1140. The summed E-state index contributed by atoms with van der Waals surface area (Å²) in [5.74, 6) is 0.467. The Morgan fingerprint density at radius 2 is 1.86 bits per heavy atom. The summed E-state index contributed by atoms with van der Waals surface area (Å²) in [7, 11) is 3.03. The van der Waals surface area contributed by atoms with Gasteiger partial charge in [-0.2, -0.15) is 10.1 Å². The van der Waals surface area contributed by atoms with Crippen molar-refractivity contribution < 1.29 is 4.39 Å². The second kappa shape index (κ2) is 7.79. The number of nitrogens with one attached hydrogen (secondary N) is 1. The van der Waals surface area contributed by atoms with Gasteiger partial charge in [-0.1, -0.05) is 26.0 Å². The van der Waals surface area contributed by atoms with Crippen molar-refractivity contribution in [2.75, 3.05) is 5.43 Å². The van der Waals surface area contributed by atoms with Gasteiger partial charge in [0, 0.05) is 20.6 Å². The average Bonchev–Trinajstić information content (AvgIpc) is 3.03. The third-order valence-corrected chi connectivity index (χ3v) is 4.53. The molecule has 28 heavy (non-hydrogen) atoms. The van der Waals surface area contributed by atoms with Crippen molar-refractivity contribution in [3.8, 4) is 0 Å². The van der Waals surface area contributed by atoms with Gasteiger partial charge in [0.25, 0.3) is 5.56 Å². The molecule has 0 aliphatic rings. The molecule has 3 rings (SSSR count). The van der Waals surface area contributed by atoms with Gasteiger partial charge in [-0.15, -0.1) is 0 Å². The summed E-state index contributed by atoms with van der Waals surface area (Å²) in [6.07, 6.45) is 2.36. The fourth-order valence-corrected chi connectivity index (χ4v) is 2.85. The van der Waals surface area contributed by atoms with E-state index in [1.807, 2.05) is 0 Å². The number of hydrazone groups is 1. The Morgan fingerprint density at radius 3 is 2.50 bits per heavy atom. The summed E-state index contributed by atoms with van der Waals surface area (Å²) in [4.78, 5) is 29.3. The standard InChI is InChI=1S/C19H23FN6O2/c1-12(2)9-10-26-15-16(24(3)19(28)25(4)17(15)27)22-18(26)23-21-11-13-5-7-14(20)8-6-13/h5-8,11-12H,9-10H2,1-4H3,(H,22,23)/b21-11-. The third-order valence-electron chi connectivity index (χ3n) is 4.53. The van der Waals surface area contributed by atoms with E-state index in [4.69, 9.17) is 0 Å². The van der Waals surface area contributed by atoms with Gasteiger partial charge in [0.2, 0.25) is 5.95 Å². The molecule has 2 aromatic heterocycles. The van der Waals surface area contributed by atoms with Crippen LogP contribution >= 0.6 is 0 Å². The lowest BCUT2D eigenvalue weighted by Crippen LogP contribution is -2.37. The summed E-state index contributed by atoms with van der Waals surface area (Å²) < 4.78 is 17.2. The maximum absolute atomic E-state index is 13.0. The highest BCUT2D eigenvalue weighted by molar-refractivity contribution is 5.80. The van der Waals surface area contributed by atoms with Crippen molar-refractivity contribution in [3.05, 3.63) is 56.5 Å². The normalized spacial score (nSPS) is 11.8. The van der Waals surface area contributed by atoms with Crippen molar-refractivity contribution in [1.82, 2.24) is 18.7 Å². The number of anilines is 1. The molecule has 0 amide bonds. The van der Waals surface area contributed by atoms with E-state index < -0.39 is 11.2 Å². The van der Waals surface area contributed by atoms with Crippen molar-refractivity contribution in [2.24, 2.45) is 25.1 Å². The smallest absolute Gasteiger partial charge is 0.303 e. The molecule has 0 aliphatic carbocycles. The quantitative estimate of drug-likeness (QED) is 0.519. The molecule has 148 valence electrons. The van der Waals surface area contributed by atoms with Crippen LogP contribution in [0.25, 0.3) is 11.2 Å². The molecule has 3 aromatic rings. The van der Waals surface area contributed by atoms with Crippen LogP contribution in [0.5, 0.6) is 0 Å². The highest BCUT2D eigenvalue weighted by atomic mass is 19.1. The molecule has 0 unspecified atom stereocenters. The van der Waals surface area contributed by atoms with Gasteiger partial charge in [-0.05, 0) is 30.0 Å². The Hall–Kier alpha value is -3.23. The maximum Gasteiger partial charge on any atom is 0.332 e. The molecular formula is C19H23FN6O2. The zero-order valence-corrected chi connectivity index (χ0v) is 16.3. The zero-order chi connectivity index (χ0) is 20.4. The summed E-state index contributed by atoms with van der Waals surface area (Å²) in [5.41, 5.74) is 3.38. The third kappa shape index (κ3) is 3.73. The van der Waals surface area contributed by atoms with Crippen LogP contribution in [-0.4, -0.2) is 24.9 Å². The van der Waals surface area contributed by atoms with Gasteiger partial charge >= 0.3 is 5.69 Å². The van der Waals surface area contributed by atoms with Crippen LogP contribution in [0.1, 0.15) is 25.8 Å². The van der Waals surface area contributed by atoms with Crippen LogP contribution in [-0.2, 0) is 20.6 Å². The number of rotatable bonds is 6. The SMILES string of the molecule is CC(C)CCn1c(N/N=C\c2ccc(F)cc2)nc2c1c(=O)n(C)c(=O)n2C. The lowest BCUT2D eigenvalue weighted by molar-refractivity contribution is 0.524. The minimum Gasteiger partial charge on any atom is -0.303 e. The van der Waals surface area contributed by atoms with Crippen LogP contribution in [0, 0.1) is 11.7 Å². The molecule has 1 aromatic carbocycles. The van der Waals surface area contributed by atoms with E-state index in [-0.39, 0.29) is 5.82 Å². The van der Waals surface area contributed by atoms with Gasteiger partial charge < -0.3 is 4.57 Å². The number of imidazole rings is 1. The number of hydrogen-bond acceptors (Lipinski definition) is 5. The van der Waals surface area contributed by atoms with E-state index in [0.717, 1.165) is 11.0 Å². The molecule has 0 radical (unpaired) electrons. The molecule has 1 N–H and O–H groups in total. The molecule has 0 spiro atoms. The number of aryl methyl sites for hydroxylation is 2. The van der Waals surface area contributed by atoms with Crippen molar-refractivity contribution in [3.63, 3.8) is 0 Å². The first-order valence-corrected chi connectivity index (χ1v) is 9.00. The molecule has 0 saturated carbocycles. The van der Waals surface area contributed by atoms with E-state index in [9.17, 15) is 14.0 Å². The number of aromatic nitrogens is 4. The lowest BCUT2D eigenvalue weighted by atomic mass is 10.1. The van der Waals surface area contributed by atoms with E-state index in [1.165, 1.54) is 30.0 Å². The zero-order valence-electron chi connectivity index (χ0n) is 16.3. The van der Waals surface area contributed by atoms with E-state index in [0.29, 0.717) is 35.1 Å². The highest BCUT2D eigenvalue weighted by Gasteiger charge is 2.19. The number of halogens is 1. The molecule has 0 bridgehead atoms. The second-order valence-corrected chi connectivity index (χ2v) is 7.07. The second-order valence-electron chi connectivity index (χ2n) is 7.07. The van der Waals surface area contributed by atoms with Crippen LogP contribution < -0.4 is 16.7 Å². The monoisotopic (exact) mass is 386 g/mol.